The topological polar surface area (TPSA) is 66.0 Å². The van der Waals surface area contributed by atoms with Gasteiger partial charge in [-0.05, 0) is 24.3 Å². The quantitative estimate of drug-likeness (QED) is 0.788. The van der Waals surface area contributed by atoms with E-state index in [9.17, 15) is 0 Å². The number of anilines is 1. The fourth-order valence-electron chi connectivity index (χ4n) is 2.29. The van der Waals surface area contributed by atoms with Crippen LogP contribution >= 0.6 is 0 Å². The number of hydrogen-bond donors (Lipinski definition) is 1. The number of nitrogens with zero attached hydrogens (tertiary/aromatic N) is 3. The number of para-hydroxylation sites is 2. The van der Waals surface area contributed by atoms with Crippen LogP contribution in [0.5, 0.6) is 0 Å². The predicted octanol–water partition coefficient (Wildman–Crippen LogP) is 2.33. The Morgan fingerprint density at radius 1 is 1.25 bits per heavy atom. The summed E-state index contributed by atoms with van der Waals surface area (Å²) in [5.41, 5.74) is 8.79. The third-order valence-corrected chi connectivity index (χ3v) is 3.21. The van der Waals surface area contributed by atoms with E-state index >= 15 is 0 Å². The fourth-order valence-corrected chi connectivity index (χ4v) is 2.29. The van der Waals surface area contributed by atoms with Crippen molar-refractivity contribution in [3.05, 3.63) is 42.6 Å². The molecule has 1 aromatic carbocycles. The summed E-state index contributed by atoms with van der Waals surface area (Å²) in [4.78, 5) is 8.73. The van der Waals surface area contributed by atoms with Crippen LogP contribution in [0.15, 0.2) is 42.6 Å². The standard InChI is InChI=1S/C15H16N4O/c1-20-9-8-19-13-5-3-2-4-12(13)18-15(19)11-6-7-17-14(16)10-11/h2-7,10H,8-9H2,1H3,(H2,16,17). The molecule has 0 atom stereocenters. The molecule has 3 rings (SSSR count). The summed E-state index contributed by atoms with van der Waals surface area (Å²) < 4.78 is 7.34. The number of pyridine rings is 1. The maximum atomic E-state index is 5.77. The summed E-state index contributed by atoms with van der Waals surface area (Å²) in [5.74, 6) is 1.38. The Balaban J connectivity index is 2.18. The first kappa shape index (κ1) is 12.6. The van der Waals surface area contributed by atoms with Crippen molar-refractivity contribution >= 4 is 16.9 Å². The summed E-state index contributed by atoms with van der Waals surface area (Å²) in [6, 6.07) is 11.8. The van der Waals surface area contributed by atoms with E-state index in [0.29, 0.717) is 12.4 Å². The van der Waals surface area contributed by atoms with Crippen LogP contribution in [-0.4, -0.2) is 28.3 Å². The molecule has 5 nitrogen and oxygen atoms in total. The summed E-state index contributed by atoms with van der Waals surface area (Å²) >= 11 is 0. The molecule has 2 N–H and O–H groups in total. The summed E-state index contributed by atoms with van der Waals surface area (Å²) in [6.07, 6.45) is 1.70. The van der Waals surface area contributed by atoms with Gasteiger partial charge in [0, 0.05) is 25.4 Å². The molecule has 0 saturated carbocycles. The lowest BCUT2D eigenvalue weighted by molar-refractivity contribution is 0.188. The minimum absolute atomic E-state index is 0.493. The van der Waals surface area contributed by atoms with Gasteiger partial charge < -0.3 is 15.0 Å². The van der Waals surface area contributed by atoms with Crippen molar-refractivity contribution in [2.45, 2.75) is 6.54 Å². The number of rotatable bonds is 4. The molecule has 0 saturated heterocycles. The Morgan fingerprint density at radius 2 is 2.10 bits per heavy atom. The Labute approximate surface area is 117 Å². The average Bonchev–Trinajstić information content (AvgIpc) is 2.84. The monoisotopic (exact) mass is 268 g/mol. The highest BCUT2D eigenvalue weighted by atomic mass is 16.5. The predicted molar refractivity (Wildman–Crippen MR) is 79.3 cm³/mol. The van der Waals surface area contributed by atoms with Crippen molar-refractivity contribution in [1.29, 1.82) is 0 Å². The van der Waals surface area contributed by atoms with E-state index in [2.05, 4.69) is 15.6 Å². The zero-order valence-corrected chi connectivity index (χ0v) is 11.3. The normalized spacial score (nSPS) is 11.1. The number of ether oxygens (including phenoxy) is 1. The van der Waals surface area contributed by atoms with Crippen LogP contribution in [0.1, 0.15) is 0 Å². The molecule has 0 unspecified atom stereocenters. The molecule has 0 aliphatic heterocycles. The van der Waals surface area contributed by atoms with Crippen LogP contribution in [-0.2, 0) is 11.3 Å². The molecule has 102 valence electrons. The molecule has 2 aromatic heterocycles. The SMILES string of the molecule is COCCn1c(-c2ccnc(N)c2)nc2ccccc21. The first-order valence-corrected chi connectivity index (χ1v) is 6.45. The van der Waals surface area contributed by atoms with Crippen molar-refractivity contribution < 1.29 is 4.74 Å². The van der Waals surface area contributed by atoms with E-state index in [4.69, 9.17) is 15.5 Å². The van der Waals surface area contributed by atoms with Gasteiger partial charge in [-0.15, -0.1) is 0 Å². The number of methoxy groups -OCH3 is 1. The Morgan fingerprint density at radius 3 is 2.90 bits per heavy atom. The highest BCUT2D eigenvalue weighted by Crippen LogP contribution is 2.25. The molecule has 0 radical (unpaired) electrons. The number of benzene rings is 1. The smallest absolute Gasteiger partial charge is 0.141 e. The van der Waals surface area contributed by atoms with Gasteiger partial charge in [-0.2, -0.15) is 0 Å². The van der Waals surface area contributed by atoms with Crippen molar-refractivity contribution in [2.75, 3.05) is 19.5 Å². The molecule has 5 heteroatoms. The molecule has 2 heterocycles. The highest BCUT2D eigenvalue weighted by molar-refractivity contribution is 5.80. The molecule has 0 fully saturated rings. The molecule has 0 spiro atoms. The number of nitrogen functional groups attached to an aromatic ring is 1. The molecule has 3 aromatic rings. The van der Waals surface area contributed by atoms with Gasteiger partial charge in [-0.1, -0.05) is 12.1 Å². The molecule has 0 bridgehead atoms. The van der Waals surface area contributed by atoms with Gasteiger partial charge in [0.05, 0.1) is 17.6 Å². The van der Waals surface area contributed by atoms with E-state index in [1.54, 1.807) is 13.3 Å². The second-order valence-electron chi connectivity index (χ2n) is 4.54. The van der Waals surface area contributed by atoms with Gasteiger partial charge in [0.2, 0.25) is 0 Å². The summed E-state index contributed by atoms with van der Waals surface area (Å²) in [6.45, 7) is 1.38. The highest BCUT2D eigenvalue weighted by Gasteiger charge is 2.12. The lowest BCUT2D eigenvalue weighted by Crippen LogP contribution is -2.06. The molecule has 0 aliphatic carbocycles. The van der Waals surface area contributed by atoms with E-state index < -0.39 is 0 Å². The minimum Gasteiger partial charge on any atom is -0.384 e. The zero-order chi connectivity index (χ0) is 13.9. The number of nitrogens with two attached hydrogens (primary N) is 1. The van der Waals surface area contributed by atoms with Gasteiger partial charge in [0.1, 0.15) is 11.6 Å². The van der Waals surface area contributed by atoms with E-state index in [0.717, 1.165) is 29.0 Å². The maximum absolute atomic E-state index is 5.77. The van der Waals surface area contributed by atoms with Crippen LogP contribution < -0.4 is 5.73 Å². The van der Waals surface area contributed by atoms with Crippen LogP contribution in [0, 0.1) is 0 Å². The first-order valence-electron chi connectivity index (χ1n) is 6.45. The van der Waals surface area contributed by atoms with E-state index in [-0.39, 0.29) is 0 Å². The van der Waals surface area contributed by atoms with Gasteiger partial charge in [0.15, 0.2) is 0 Å². The van der Waals surface area contributed by atoms with Crippen LogP contribution in [0.3, 0.4) is 0 Å². The molecule has 0 aliphatic rings. The first-order chi connectivity index (χ1) is 9.79. The molecular formula is C15H16N4O. The van der Waals surface area contributed by atoms with Gasteiger partial charge in [-0.3, -0.25) is 0 Å². The van der Waals surface area contributed by atoms with Gasteiger partial charge in [0.25, 0.3) is 0 Å². The Kier molecular flexibility index (Phi) is 3.35. The molecule has 20 heavy (non-hydrogen) atoms. The average molecular weight is 268 g/mol. The fraction of sp³-hybridized carbons (Fsp3) is 0.200. The second-order valence-corrected chi connectivity index (χ2v) is 4.54. The van der Waals surface area contributed by atoms with Crippen LogP contribution in [0.4, 0.5) is 5.82 Å². The number of aromatic nitrogens is 3. The Bertz CT molecular complexity index is 736. The largest absolute Gasteiger partial charge is 0.384 e. The maximum Gasteiger partial charge on any atom is 0.141 e. The third-order valence-electron chi connectivity index (χ3n) is 3.21. The van der Waals surface area contributed by atoms with Crippen LogP contribution in [0.25, 0.3) is 22.4 Å². The summed E-state index contributed by atoms with van der Waals surface area (Å²) in [7, 11) is 1.70. The van der Waals surface area contributed by atoms with Crippen molar-refractivity contribution in [2.24, 2.45) is 0 Å². The van der Waals surface area contributed by atoms with E-state index in [1.807, 2.05) is 30.3 Å². The van der Waals surface area contributed by atoms with Crippen molar-refractivity contribution in [3.8, 4) is 11.4 Å². The number of fused-ring (bicyclic) bond motifs is 1. The van der Waals surface area contributed by atoms with Gasteiger partial charge >= 0.3 is 0 Å². The van der Waals surface area contributed by atoms with Crippen LogP contribution in [0.2, 0.25) is 0 Å². The van der Waals surface area contributed by atoms with E-state index in [1.165, 1.54) is 0 Å². The number of imidazole rings is 1. The zero-order valence-electron chi connectivity index (χ0n) is 11.3. The molecular weight excluding hydrogens is 252 g/mol. The molecule has 0 amide bonds. The van der Waals surface area contributed by atoms with Crippen molar-refractivity contribution in [1.82, 2.24) is 14.5 Å². The van der Waals surface area contributed by atoms with Crippen molar-refractivity contribution in [3.63, 3.8) is 0 Å². The number of hydrogen-bond acceptors (Lipinski definition) is 4. The Hall–Kier alpha value is -2.40. The second kappa shape index (κ2) is 5.30. The minimum atomic E-state index is 0.493. The lowest BCUT2D eigenvalue weighted by Gasteiger charge is -2.08. The lowest BCUT2D eigenvalue weighted by atomic mass is 10.2. The summed E-state index contributed by atoms with van der Waals surface area (Å²) in [5, 5.41) is 0. The van der Waals surface area contributed by atoms with Gasteiger partial charge in [-0.25, -0.2) is 9.97 Å². The third kappa shape index (κ3) is 2.23.